The van der Waals surface area contributed by atoms with Crippen molar-refractivity contribution >= 4 is 21.9 Å². The van der Waals surface area contributed by atoms with Gasteiger partial charge in [-0.25, -0.2) is 8.42 Å². The fourth-order valence-corrected chi connectivity index (χ4v) is 4.07. The van der Waals surface area contributed by atoms with Crippen molar-refractivity contribution in [1.29, 1.82) is 5.26 Å². The van der Waals surface area contributed by atoms with Crippen LogP contribution in [0.1, 0.15) is 25.8 Å². The van der Waals surface area contributed by atoms with Gasteiger partial charge in [-0.3, -0.25) is 9.59 Å². The molecule has 1 aromatic rings. The average molecular weight is 393 g/mol. The van der Waals surface area contributed by atoms with Crippen LogP contribution in [0.2, 0.25) is 0 Å². The Labute approximate surface area is 159 Å². The number of hydrogen-bond acceptors (Lipinski definition) is 6. The molecule has 0 spiro atoms. The van der Waals surface area contributed by atoms with Crippen LogP contribution >= 0.6 is 0 Å². The Morgan fingerprint density at radius 1 is 1.22 bits per heavy atom. The van der Waals surface area contributed by atoms with E-state index >= 15 is 0 Å². The van der Waals surface area contributed by atoms with Gasteiger partial charge in [-0.05, 0) is 42.5 Å². The number of ether oxygens (including phenoxy) is 1. The number of sulfonamides is 1. The second-order valence-electron chi connectivity index (χ2n) is 6.87. The zero-order chi connectivity index (χ0) is 20.0. The van der Waals surface area contributed by atoms with Crippen molar-refractivity contribution < 1.29 is 22.7 Å². The number of nitriles is 1. The van der Waals surface area contributed by atoms with E-state index in [0.29, 0.717) is 30.5 Å². The van der Waals surface area contributed by atoms with Gasteiger partial charge in [-0.2, -0.15) is 9.98 Å². The first-order valence-electron chi connectivity index (χ1n) is 8.64. The van der Waals surface area contributed by atoms with Gasteiger partial charge >= 0.3 is 5.97 Å². The summed E-state index contributed by atoms with van der Waals surface area (Å²) in [5.74, 6) is -0.323. The lowest BCUT2D eigenvalue weighted by molar-refractivity contribution is -0.152. The molecule has 1 aliphatic rings. The number of amides is 1. The summed E-state index contributed by atoms with van der Waals surface area (Å²) in [5, 5.41) is 8.73. The molecule has 1 amide bonds. The molecule has 9 heteroatoms. The lowest BCUT2D eigenvalue weighted by Gasteiger charge is -2.34. The maximum absolute atomic E-state index is 12.2. The van der Waals surface area contributed by atoms with Crippen LogP contribution in [0.4, 0.5) is 0 Å². The van der Waals surface area contributed by atoms with Crippen molar-refractivity contribution in [2.24, 2.45) is 11.8 Å². The van der Waals surface area contributed by atoms with Crippen molar-refractivity contribution in [2.45, 2.75) is 25.2 Å². The maximum atomic E-state index is 12.2. The Morgan fingerprint density at radius 2 is 1.81 bits per heavy atom. The first kappa shape index (κ1) is 20.9. The van der Waals surface area contributed by atoms with Gasteiger partial charge in [0.25, 0.3) is 5.91 Å². The molecular formula is C18H23N3O5S. The second-order valence-corrected chi connectivity index (χ2v) is 8.63. The molecule has 27 heavy (non-hydrogen) atoms. The first-order chi connectivity index (χ1) is 12.7. The summed E-state index contributed by atoms with van der Waals surface area (Å²) >= 11 is 0. The first-order valence-corrected chi connectivity index (χ1v) is 10.1. The molecule has 0 unspecified atom stereocenters. The average Bonchev–Trinajstić information content (AvgIpc) is 2.63. The van der Waals surface area contributed by atoms with E-state index in [2.05, 4.69) is 18.6 Å². The fraction of sp³-hybridized carbons (Fsp3) is 0.500. The molecule has 2 atom stereocenters. The number of likely N-dealkylation sites (tertiary alicyclic amines) is 1. The van der Waals surface area contributed by atoms with E-state index in [1.807, 2.05) is 6.07 Å². The van der Waals surface area contributed by atoms with Gasteiger partial charge in [-0.15, -0.1) is 0 Å². The number of carbonyl (C=O) groups is 2. The summed E-state index contributed by atoms with van der Waals surface area (Å²) in [6, 6.07) is 7.17. The number of esters is 1. The number of piperidine rings is 1. The highest BCUT2D eigenvalue weighted by molar-refractivity contribution is 7.89. The van der Waals surface area contributed by atoms with Gasteiger partial charge in [0, 0.05) is 13.1 Å². The van der Waals surface area contributed by atoms with Crippen LogP contribution in [0.15, 0.2) is 29.2 Å². The maximum Gasteiger partial charge on any atom is 0.321 e. The van der Waals surface area contributed by atoms with Crippen LogP contribution < -0.4 is 4.72 Å². The lowest BCUT2D eigenvalue weighted by Crippen LogP contribution is -2.44. The third kappa shape index (κ3) is 6.05. The number of hydrogen-bond donors (Lipinski definition) is 1. The summed E-state index contributed by atoms with van der Waals surface area (Å²) in [6.07, 6.45) is 1.06. The molecular weight excluding hydrogens is 370 g/mol. The smallest absolute Gasteiger partial charge is 0.321 e. The van der Waals surface area contributed by atoms with Crippen molar-refractivity contribution in [2.75, 3.05) is 26.2 Å². The topological polar surface area (TPSA) is 117 Å². The predicted octanol–water partition coefficient (Wildman–Crippen LogP) is 0.884. The Morgan fingerprint density at radius 3 is 2.37 bits per heavy atom. The van der Waals surface area contributed by atoms with E-state index in [9.17, 15) is 18.0 Å². The normalized spacial score (nSPS) is 20.0. The molecule has 2 rings (SSSR count). The van der Waals surface area contributed by atoms with Crippen LogP contribution in [0.5, 0.6) is 0 Å². The van der Waals surface area contributed by atoms with Crippen molar-refractivity contribution in [1.82, 2.24) is 9.62 Å². The van der Waals surface area contributed by atoms with Crippen LogP contribution in [0, 0.1) is 23.2 Å². The van der Waals surface area contributed by atoms with E-state index in [0.717, 1.165) is 6.42 Å². The van der Waals surface area contributed by atoms with E-state index in [-0.39, 0.29) is 10.8 Å². The molecule has 1 saturated heterocycles. The number of carbonyl (C=O) groups excluding carboxylic acids is 2. The Balaban J connectivity index is 1.81. The lowest BCUT2D eigenvalue weighted by atomic mass is 9.92. The van der Waals surface area contributed by atoms with Crippen LogP contribution in [0.3, 0.4) is 0 Å². The highest BCUT2D eigenvalue weighted by atomic mass is 32.2. The Bertz CT molecular complexity index is 820. The third-order valence-corrected chi connectivity index (χ3v) is 5.70. The quantitative estimate of drug-likeness (QED) is 0.717. The molecule has 0 bridgehead atoms. The third-order valence-electron chi connectivity index (χ3n) is 4.28. The van der Waals surface area contributed by atoms with E-state index in [4.69, 9.17) is 10.00 Å². The van der Waals surface area contributed by atoms with E-state index < -0.39 is 29.1 Å². The van der Waals surface area contributed by atoms with Crippen molar-refractivity contribution in [3.63, 3.8) is 0 Å². The Hall–Kier alpha value is -2.44. The highest BCUT2D eigenvalue weighted by Crippen LogP contribution is 2.20. The molecule has 1 fully saturated rings. The minimum atomic E-state index is -3.91. The molecule has 0 aromatic heterocycles. The summed E-state index contributed by atoms with van der Waals surface area (Å²) in [6.45, 7) is 4.41. The number of nitrogens with zero attached hydrogens (tertiary/aromatic N) is 2. The molecule has 8 nitrogen and oxygen atoms in total. The van der Waals surface area contributed by atoms with Crippen molar-refractivity contribution in [3.8, 4) is 6.07 Å². The second kappa shape index (κ2) is 8.97. The van der Waals surface area contributed by atoms with Gasteiger partial charge < -0.3 is 9.64 Å². The predicted molar refractivity (Wildman–Crippen MR) is 96.8 cm³/mol. The summed E-state index contributed by atoms with van der Waals surface area (Å²) in [5.41, 5.74) is 0.327. The number of benzene rings is 1. The summed E-state index contributed by atoms with van der Waals surface area (Å²) in [7, 11) is -3.91. The van der Waals surface area contributed by atoms with E-state index in [1.165, 1.54) is 24.3 Å². The number of rotatable bonds is 6. The number of nitrogens with one attached hydrogen (secondary N) is 1. The van der Waals surface area contributed by atoms with Gasteiger partial charge in [0.1, 0.15) is 6.54 Å². The minimum absolute atomic E-state index is 0.0679. The zero-order valence-electron chi connectivity index (χ0n) is 15.3. The van der Waals surface area contributed by atoms with Gasteiger partial charge in [0.15, 0.2) is 6.61 Å². The molecule has 1 aliphatic heterocycles. The molecule has 1 N–H and O–H groups in total. The highest BCUT2D eigenvalue weighted by Gasteiger charge is 2.26. The summed E-state index contributed by atoms with van der Waals surface area (Å²) < 4.78 is 31.2. The molecule has 0 aliphatic carbocycles. The molecule has 1 heterocycles. The molecule has 1 aromatic carbocycles. The largest absolute Gasteiger partial charge is 0.455 e. The van der Waals surface area contributed by atoms with Crippen molar-refractivity contribution in [3.05, 3.63) is 29.8 Å². The van der Waals surface area contributed by atoms with Crippen LogP contribution in [-0.2, 0) is 24.3 Å². The SMILES string of the molecule is C[C@@H]1C[C@@H](C)CN(C(=O)COC(=O)CNS(=O)(=O)c2ccc(C#N)cc2)C1. The molecule has 0 saturated carbocycles. The standard InChI is InChI=1S/C18H23N3O5S/c1-13-7-14(2)11-21(10-13)17(22)12-26-18(23)9-20-27(24,25)16-5-3-15(8-19)4-6-16/h3-6,13-14,20H,7,9-12H2,1-2H3/t13-,14-/m1/s1. The minimum Gasteiger partial charge on any atom is -0.455 e. The van der Waals surface area contributed by atoms with Crippen LogP contribution in [0.25, 0.3) is 0 Å². The van der Waals surface area contributed by atoms with Gasteiger partial charge in [0.2, 0.25) is 10.0 Å². The fourth-order valence-electron chi connectivity index (χ4n) is 3.10. The van der Waals surface area contributed by atoms with Crippen LogP contribution in [-0.4, -0.2) is 51.4 Å². The summed E-state index contributed by atoms with van der Waals surface area (Å²) in [4.78, 5) is 25.5. The zero-order valence-corrected chi connectivity index (χ0v) is 16.2. The Kier molecular flexibility index (Phi) is 6.93. The van der Waals surface area contributed by atoms with Gasteiger partial charge in [-0.1, -0.05) is 13.8 Å². The monoisotopic (exact) mass is 393 g/mol. The van der Waals surface area contributed by atoms with E-state index in [1.54, 1.807) is 4.90 Å². The molecule has 146 valence electrons. The molecule has 0 radical (unpaired) electrons. The van der Waals surface area contributed by atoms with Gasteiger partial charge in [0.05, 0.1) is 16.5 Å².